The summed E-state index contributed by atoms with van der Waals surface area (Å²) in [5, 5.41) is 13.5. The summed E-state index contributed by atoms with van der Waals surface area (Å²) in [4.78, 5) is 34.0. The zero-order valence-electron chi connectivity index (χ0n) is 12.1. The van der Waals surface area contributed by atoms with Gasteiger partial charge in [0.05, 0.1) is 17.6 Å². The van der Waals surface area contributed by atoms with Crippen molar-refractivity contribution in [1.82, 2.24) is 0 Å². The molecule has 1 fully saturated rings. The maximum atomic E-state index is 12.1. The number of nitro groups is 1. The Morgan fingerprint density at radius 3 is 2.64 bits per heavy atom. The van der Waals surface area contributed by atoms with Crippen LogP contribution in [-0.4, -0.2) is 30.0 Å². The van der Waals surface area contributed by atoms with E-state index in [-0.39, 0.29) is 34.8 Å². The Hall–Kier alpha value is -2.48. The highest BCUT2D eigenvalue weighted by Gasteiger charge is 2.28. The lowest BCUT2D eigenvalue weighted by Crippen LogP contribution is -2.23. The zero-order valence-corrected chi connectivity index (χ0v) is 12.1. The van der Waals surface area contributed by atoms with Crippen LogP contribution in [0.5, 0.6) is 0 Å². The third kappa shape index (κ3) is 3.59. The Bertz CT molecular complexity index is 616. The first-order valence-electron chi connectivity index (χ1n) is 6.85. The summed E-state index contributed by atoms with van der Waals surface area (Å²) in [6, 6.07) is 3.67. The van der Waals surface area contributed by atoms with Gasteiger partial charge < -0.3 is 15.8 Å². The van der Waals surface area contributed by atoms with Crippen LogP contribution in [0.1, 0.15) is 29.6 Å². The number of amides is 1. The number of rotatable bonds is 4. The molecular weight excluding hydrogens is 290 g/mol. The molecule has 0 spiro atoms. The normalized spacial score (nSPS) is 20.5. The van der Waals surface area contributed by atoms with Crippen LogP contribution in [0.2, 0.25) is 0 Å². The van der Waals surface area contributed by atoms with Crippen molar-refractivity contribution in [2.24, 2.45) is 11.7 Å². The molecule has 1 saturated carbocycles. The molecule has 0 aromatic heterocycles. The number of nitrogens with two attached hydrogens (primary N) is 1. The summed E-state index contributed by atoms with van der Waals surface area (Å²) in [7, 11) is 1.18. The monoisotopic (exact) mass is 307 g/mol. The van der Waals surface area contributed by atoms with E-state index in [0.29, 0.717) is 12.8 Å². The fraction of sp³-hybridized carbons (Fsp3) is 0.429. The van der Waals surface area contributed by atoms with Crippen LogP contribution in [0.3, 0.4) is 0 Å². The standard InChI is InChI=1S/C14H17N3O5/c1-22-14(19)9-5-11(7-12(6-9)17(20)21)16-13(18)8-2-3-10(15)4-8/h5-8,10H,2-4,15H2,1H3,(H,16,18). The van der Waals surface area contributed by atoms with Crippen LogP contribution in [0.15, 0.2) is 18.2 Å². The highest BCUT2D eigenvalue weighted by Crippen LogP contribution is 2.27. The van der Waals surface area contributed by atoms with Gasteiger partial charge in [0.15, 0.2) is 0 Å². The van der Waals surface area contributed by atoms with Gasteiger partial charge in [-0.25, -0.2) is 4.79 Å². The van der Waals surface area contributed by atoms with Crippen molar-refractivity contribution in [1.29, 1.82) is 0 Å². The van der Waals surface area contributed by atoms with Crippen molar-refractivity contribution in [2.45, 2.75) is 25.3 Å². The molecule has 0 radical (unpaired) electrons. The highest BCUT2D eigenvalue weighted by atomic mass is 16.6. The van der Waals surface area contributed by atoms with Crippen molar-refractivity contribution < 1.29 is 19.2 Å². The van der Waals surface area contributed by atoms with E-state index in [9.17, 15) is 19.7 Å². The van der Waals surface area contributed by atoms with Gasteiger partial charge in [0.25, 0.3) is 5.69 Å². The van der Waals surface area contributed by atoms with E-state index in [0.717, 1.165) is 12.5 Å². The quantitative estimate of drug-likeness (QED) is 0.492. The smallest absolute Gasteiger partial charge is 0.338 e. The van der Waals surface area contributed by atoms with Crippen LogP contribution in [-0.2, 0) is 9.53 Å². The number of nitro benzene ring substituents is 1. The maximum absolute atomic E-state index is 12.1. The van der Waals surface area contributed by atoms with Crippen molar-refractivity contribution in [3.8, 4) is 0 Å². The molecule has 8 heteroatoms. The predicted molar refractivity (Wildman–Crippen MR) is 78.4 cm³/mol. The van der Waals surface area contributed by atoms with Crippen molar-refractivity contribution >= 4 is 23.3 Å². The molecular formula is C14H17N3O5. The van der Waals surface area contributed by atoms with Crippen molar-refractivity contribution in [2.75, 3.05) is 12.4 Å². The average molecular weight is 307 g/mol. The molecule has 0 bridgehead atoms. The Morgan fingerprint density at radius 1 is 1.36 bits per heavy atom. The number of methoxy groups -OCH3 is 1. The van der Waals surface area contributed by atoms with Crippen LogP contribution in [0.4, 0.5) is 11.4 Å². The van der Waals surface area contributed by atoms with E-state index in [1.165, 1.54) is 19.2 Å². The van der Waals surface area contributed by atoms with Crippen LogP contribution in [0, 0.1) is 16.0 Å². The summed E-state index contributed by atoms with van der Waals surface area (Å²) < 4.78 is 4.55. The SMILES string of the molecule is COC(=O)c1cc(NC(=O)C2CCC(N)C2)cc([N+](=O)[O-])c1. The number of anilines is 1. The minimum atomic E-state index is -0.706. The number of carbonyl (C=O) groups excluding carboxylic acids is 2. The summed E-state index contributed by atoms with van der Waals surface area (Å²) in [5.41, 5.74) is 5.68. The molecule has 1 aliphatic carbocycles. The number of esters is 1. The van der Waals surface area contributed by atoms with E-state index in [1.807, 2.05) is 0 Å². The fourth-order valence-electron chi connectivity index (χ4n) is 2.52. The Kier molecular flexibility index (Phi) is 4.71. The lowest BCUT2D eigenvalue weighted by molar-refractivity contribution is -0.384. The largest absolute Gasteiger partial charge is 0.465 e. The van der Waals surface area contributed by atoms with E-state index in [1.54, 1.807) is 0 Å². The summed E-state index contributed by atoms with van der Waals surface area (Å²) >= 11 is 0. The molecule has 1 amide bonds. The topological polar surface area (TPSA) is 125 Å². The molecule has 1 aliphatic rings. The van der Waals surface area contributed by atoms with Gasteiger partial charge in [-0.05, 0) is 25.3 Å². The number of ether oxygens (including phenoxy) is 1. The first kappa shape index (κ1) is 15.9. The first-order valence-corrected chi connectivity index (χ1v) is 6.85. The fourth-order valence-corrected chi connectivity index (χ4v) is 2.52. The maximum Gasteiger partial charge on any atom is 0.338 e. The minimum Gasteiger partial charge on any atom is -0.465 e. The highest BCUT2D eigenvalue weighted by molar-refractivity contribution is 5.96. The molecule has 3 N–H and O–H groups in total. The van der Waals surface area contributed by atoms with Crippen LogP contribution in [0.25, 0.3) is 0 Å². The lowest BCUT2D eigenvalue weighted by atomic mass is 10.1. The van der Waals surface area contributed by atoms with E-state index >= 15 is 0 Å². The molecule has 0 aliphatic heterocycles. The number of nitrogens with zero attached hydrogens (tertiary/aromatic N) is 1. The number of hydrogen-bond acceptors (Lipinski definition) is 6. The number of benzene rings is 1. The molecule has 8 nitrogen and oxygen atoms in total. The molecule has 0 saturated heterocycles. The second kappa shape index (κ2) is 6.52. The molecule has 1 aromatic carbocycles. The minimum absolute atomic E-state index is 0.00601. The van der Waals surface area contributed by atoms with Crippen molar-refractivity contribution in [3.05, 3.63) is 33.9 Å². The molecule has 22 heavy (non-hydrogen) atoms. The van der Waals surface area contributed by atoms with E-state index < -0.39 is 10.9 Å². The second-order valence-electron chi connectivity index (χ2n) is 5.28. The van der Waals surface area contributed by atoms with Gasteiger partial charge in [0, 0.05) is 29.8 Å². The van der Waals surface area contributed by atoms with Gasteiger partial charge in [-0.3, -0.25) is 14.9 Å². The third-order valence-electron chi connectivity index (χ3n) is 3.66. The number of carbonyl (C=O) groups is 2. The van der Waals surface area contributed by atoms with E-state index in [4.69, 9.17) is 5.73 Å². The van der Waals surface area contributed by atoms with Gasteiger partial charge in [-0.1, -0.05) is 0 Å². The molecule has 2 unspecified atom stereocenters. The van der Waals surface area contributed by atoms with Gasteiger partial charge in [0.1, 0.15) is 0 Å². The second-order valence-corrected chi connectivity index (χ2v) is 5.28. The van der Waals surface area contributed by atoms with Gasteiger partial charge in [-0.15, -0.1) is 0 Å². The Balaban J connectivity index is 2.22. The number of non-ortho nitro benzene ring substituents is 1. The Morgan fingerprint density at radius 2 is 2.09 bits per heavy atom. The van der Waals surface area contributed by atoms with Crippen LogP contribution >= 0.6 is 0 Å². The lowest BCUT2D eigenvalue weighted by Gasteiger charge is -2.11. The zero-order chi connectivity index (χ0) is 16.3. The van der Waals surface area contributed by atoms with Gasteiger partial charge in [0.2, 0.25) is 5.91 Å². The number of hydrogen-bond donors (Lipinski definition) is 2. The van der Waals surface area contributed by atoms with E-state index in [2.05, 4.69) is 10.1 Å². The molecule has 118 valence electrons. The Labute approximate surface area is 126 Å². The van der Waals surface area contributed by atoms with Crippen LogP contribution < -0.4 is 11.1 Å². The predicted octanol–water partition coefficient (Wildman–Crippen LogP) is 1.45. The third-order valence-corrected chi connectivity index (χ3v) is 3.66. The summed E-state index contributed by atoms with van der Waals surface area (Å²) in [6.45, 7) is 0. The summed E-state index contributed by atoms with van der Waals surface area (Å²) in [6.07, 6.45) is 2.05. The molecule has 2 atom stereocenters. The first-order chi connectivity index (χ1) is 10.4. The summed E-state index contributed by atoms with van der Waals surface area (Å²) in [5.74, 6) is -1.16. The number of nitrogens with one attached hydrogen (secondary N) is 1. The van der Waals surface area contributed by atoms with Gasteiger partial charge in [-0.2, -0.15) is 0 Å². The van der Waals surface area contributed by atoms with Gasteiger partial charge >= 0.3 is 5.97 Å². The molecule has 0 heterocycles. The molecule has 2 rings (SSSR count). The van der Waals surface area contributed by atoms with Crippen molar-refractivity contribution in [3.63, 3.8) is 0 Å². The molecule has 1 aromatic rings. The average Bonchev–Trinajstić information content (AvgIpc) is 2.92.